The molecular formula is C19H21N5OS2. The van der Waals surface area contributed by atoms with Crippen LogP contribution in [-0.2, 0) is 6.54 Å². The van der Waals surface area contributed by atoms with Crippen molar-refractivity contribution in [2.75, 3.05) is 11.9 Å². The van der Waals surface area contributed by atoms with Gasteiger partial charge in [-0.3, -0.25) is 9.69 Å². The van der Waals surface area contributed by atoms with Crippen LogP contribution in [0.5, 0.6) is 0 Å². The van der Waals surface area contributed by atoms with Crippen LogP contribution < -0.4 is 5.32 Å². The summed E-state index contributed by atoms with van der Waals surface area (Å²) in [5, 5.41) is 15.7. The van der Waals surface area contributed by atoms with Crippen molar-refractivity contribution in [1.82, 2.24) is 20.1 Å². The van der Waals surface area contributed by atoms with E-state index in [1.165, 1.54) is 11.3 Å². The molecule has 0 spiro atoms. The van der Waals surface area contributed by atoms with E-state index in [0.717, 1.165) is 46.3 Å². The summed E-state index contributed by atoms with van der Waals surface area (Å²) in [6.07, 6.45) is 2.27. The van der Waals surface area contributed by atoms with E-state index in [0.29, 0.717) is 17.6 Å². The molecule has 0 saturated carbocycles. The molecule has 8 heteroatoms. The molecule has 1 N–H and O–H groups in total. The third-order valence-electron chi connectivity index (χ3n) is 4.65. The highest BCUT2D eigenvalue weighted by Gasteiger charge is 2.29. The van der Waals surface area contributed by atoms with Gasteiger partial charge in [0.25, 0.3) is 5.91 Å². The summed E-state index contributed by atoms with van der Waals surface area (Å²) in [6, 6.07) is 8.05. The van der Waals surface area contributed by atoms with Crippen molar-refractivity contribution in [3.63, 3.8) is 0 Å². The lowest BCUT2D eigenvalue weighted by atomic mass is 10.2. The molecule has 3 heterocycles. The molecule has 140 valence electrons. The molecule has 3 aromatic rings. The number of aryl methyl sites for hydroxylation is 2. The minimum atomic E-state index is -0.212. The number of rotatable bonds is 5. The second kappa shape index (κ2) is 7.84. The zero-order chi connectivity index (χ0) is 18.8. The number of amides is 1. The van der Waals surface area contributed by atoms with Gasteiger partial charge < -0.3 is 5.32 Å². The lowest BCUT2D eigenvalue weighted by Gasteiger charge is -2.21. The first-order chi connectivity index (χ1) is 13.1. The first-order valence-corrected chi connectivity index (χ1v) is 10.6. The van der Waals surface area contributed by atoms with E-state index in [-0.39, 0.29) is 5.91 Å². The van der Waals surface area contributed by atoms with Gasteiger partial charge in [-0.1, -0.05) is 29.0 Å². The molecule has 6 nitrogen and oxygen atoms in total. The van der Waals surface area contributed by atoms with Gasteiger partial charge in [0.2, 0.25) is 5.01 Å². The second-order valence-electron chi connectivity index (χ2n) is 6.74. The highest BCUT2D eigenvalue weighted by Crippen LogP contribution is 2.34. The van der Waals surface area contributed by atoms with Crippen LogP contribution in [-0.4, -0.2) is 32.5 Å². The molecule has 1 fully saturated rings. The van der Waals surface area contributed by atoms with Crippen LogP contribution in [0.2, 0.25) is 0 Å². The van der Waals surface area contributed by atoms with E-state index < -0.39 is 0 Å². The monoisotopic (exact) mass is 399 g/mol. The van der Waals surface area contributed by atoms with Crippen molar-refractivity contribution in [3.05, 3.63) is 55.9 Å². The van der Waals surface area contributed by atoms with Gasteiger partial charge in [-0.25, -0.2) is 4.98 Å². The summed E-state index contributed by atoms with van der Waals surface area (Å²) < 4.78 is 0. The predicted molar refractivity (Wildman–Crippen MR) is 108 cm³/mol. The fraction of sp³-hybridized carbons (Fsp3) is 0.368. The van der Waals surface area contributed by atoms with Crippen molar-refractivity contribution < 1.29 is 4.79 Å². The van der Waals surface area contributed by atoms with Crippen molar-refractivity contribution in [2.24, 2.45) is 0 Å². The van der Waals surface area contributed by atoms with Crippen LogP contribution in [0.4, 0.5) is 5.69 Å². The standard InChI is InChI=1S/C19H21N5OS2/c1-12-5-7-14(8-6-12)21-18(25)19-23-22-17(27-19)10-24-9-3-4-16(24)15-11-26-13(2)20-15/h5-8,11,16H,3-4,9-10H2,1-2H3,(H,21,25). The quantitative estimate of drug-likeness (QED) is 0.696. The second-order valence-corrected chi connectivity index (χ2v) is 8.87. The summed E-state index contributed by atoms with van der Waals surface area (Å²) in [5.41, 5.74) is 3.07. The Hall–Kier alpha value is -2.16. The SMILES string of the molecule is Cc1ccc(NC(=O)c2nnc(CN3CCCC3c3csc(C)n3)s2)cc1. The van der Waals surface area contributed by atoms with E-state index in [9.17, 15) is 4.79 Å². The number of hydrogen-bond acceptors (Lipinski definition) is 7. The number of thiazole rings is 1. The third-order valence-corrected chi connectivity index (χ3v) is 6.35. The Morgan fingerprint density at radius 3 is 2.81 bits per heavy atom. The zero-order valence-electron chi connectivity index (χ0n) is 15.3. The number of carbonyl (C=O) groups excluding carboxylic acids is 1. The van der Waals surface area contributed by atoms with Gasteiger partial charge in [0.1, 0.15) is 5.01 Å². The fourth-order valence-electron chi connectivity index (χ4n) is 3.29. The maximum absolute atomic E-state index is 12.4. The van der Waals surface area contributed by atoms with Gasteiger partial charge in [-0.05, 0) is 45.4 Å². The summed E-state index contributed by atoms with van der Waals surface area (Å²) in [5.74, 6) is -0.212. The fourth-order valence-corrected chi connectivity index (χ4v) is 4.71. The van der Waals surface area contributed by atoms with Crippen LogP contribution in [0, 0.1) is 13.8 Å². The van der Waals surface area contributed by atoms with Crippen LogP contribution in [0.1, 0.15) is 50.0 Å². The van der Waals surface area contributed by atoms with Gasteiger partial charge in [-0.15, -0.1) is 21.5 Å². The van der Waals surface area contributed by atoms with Gasteiger partial charge in [0.15, 0.2) is 0 Å². The summed E-state index contributed by atoms with van der Waals surface area (Å²) in [7, 11) is 0. The average molecular weight is 400 g/mol. The van der Waals surface area contributed by atoms with E-state index in [2.05, 4.69) is 30.8 Å². The minimum absolute atomic E-state index is 0.212. The van der Waals surface area contributed by atoms with Gasteiger partial charge >= 0.3 is 0 Å². The Morgan fingerprint density at radius 2 is 2.07 bits per heavy atom. The van der Waals surface area contributed by atoms with E-state index in [1.54, 1.807) is 11.3 Å². The van der Waals surface area contributed by atoms with Crippen LogP contribution >= 0.6 is 22.7 Å². The maximum atomic E-state index is 12.4. The van der Waals surface area contributed by atoms with Crippen LogP contribution in [0.3, 0.4) is 0 Å². The first-order valence-electron chi connectivity index (χ1n) is 8.95. The molecular weight excluding hydrogens is 378 g/mol. The number of hydrogen-bond donors (Lipinski definition) is 1. The Kier molecular flexibility index (Phi) is 5.29. The normalized spacial score (nSPS) is 17.3. The number of likely N-dealkylation sites (tertiary alicyclic amines) is 1. The predicted octanol–water partition coefficient (Wildman–Crippen LogP) is 4.20. The zero-order valence-corrected chi connectivity index (χ0v) is 16.9. The topological polar surface area (TPSA) is 71.0 Å². The number of carbonyl (C=O) groups is 1. The highest BCUT2D eigenvalue weighted by atomic mass is 32.1. The Morgan fingerprint density at radius 1 is 1.26 bits per heavy atom. The smallest absolute Gasteiger partial charge is 0.286 e. The maximum Gasteiger partial charge on any atom is 0.286 e. The molecule has 0 radical (unpaired) electrons. The Bertz CT molecular complexity index is 934. The summed E-state index contributed by atoms with van der Waals surface area (Å²) >= 11 is 3.05. The van der Waals surface area contributed by atoms with Crippen molar-refractivity contribution in [2.45, 2.75) is 39.3 Å². The molecule has 2 aromatic heterocycles. The molecule has 1 amide bonds. The average Bonchev–Trinajstić information content (AvgIpc) is 3.38. The summed E-state index contributed by atoms with van der Waals surface area (Å²) in [6.45, 7) is 5.78. The van der Waals surface area contributed by atoms with Gasteiger partial charge in [-0.2, -0.15) is 0 Å². The van der Waals surface area contributed by atoms with Crippen molar-refractivity contribution >= 4 is 34.3 Å². The molecule has 1 saturated heterocycles. The molecule has 4 rings (SSSR count). The third kappa shape index (κ3) is 4.23. The Labute approximate surface area is 166 Å². The van der Waals surface area contributed by atoms with Crippen LogP contribution in [0.25, 0.3) is 0 Å². The van der Waals surface area contributed by atoms with Crippen molar-refractivity contribution in [1.29, 1.82) is 0 Å². The largest absolute Gasteiger partial charge is 0.320 e. The number of benzene rings is 1. The summed E-state index contributed by atoms with van der Waals surface area (Å²) in [4.78, 5) is 19.4. The Balaban J connectivity index is 1.41. The molecule has 1 unspecified atom stereocenters. The molecule has 1 aromatic carbocycles. The molecule has 0 aliphatic carbocycles. The van der Waals surface area contributed by atoms with Crippen molar-refractivity contribution in [3.8, 4) is 0 Å². The van der Waals surface area contributed by atoms with E-state index in [4.69, 9.17) is 0 Å². The molecule has 1 atom stereocenters. The molecule has 27 heavy (non-hydrogen) atoms. The molecule has 1 aliphatic rings. The lowest BCUT2D eigenvalue weighted by Crippen LogP contribution is -2.23. The number of aromatic nitrogens is 3. The lowest BCUT2D eigenvalue weighted by molar-refractivity contribution is 0.102. The molecule has 1 aliphatic heterocycles. The molecule has 0 bridgehead atoms. The van der Waals surface area contributed by atoms with Gasteiger partial charge in [0.05, 0.1) is 23.3 Å². The minimum Gasteiger partial charge on any atom is -0.320 e. The highest BCUT2D eigenvalue weighted by molar-refractivity contribution is 7.13. The number of nitrogens with zero attached hydrogens (tertiary/aromatic N) is 4. The van der Waals surface area contributed by atoms with E-state index in [1.807, 2.05) is 38.1 Å². The van der Waals surface area contributed by atoms with E-state index >= 15 is 0 Å². The number of nitrogens with one attached hydrogen (secondary N) is 1. The number of anilines is 1. The van der Waals surface area contributed by atoms with Gasteiger partial charge in [0, 0.05) is 11.1 Å². The van der Waals surface area contributed by atoms with Crippen LogP contribution in [0.15, 0.2) is 29.6 Å². The first kappa shape index (κ1) is 18.2.